The van der Waals surface area contributed by atoms with Crippen LogP contribution in [0.2, 0.25) is 0 Å². The van der Waals surface area contributed by atoms with Crippen LogP contribution in [0.1, 0.15) is 27.6 Å². The minimum Gasteiger partial charge on any atom is -0.441 e. The molecule has 3 rings (SSSR count). The summed E-state index contributed by atoms with van der Waals surface area (Å²) in [6, 6.07) is 9.06. The number of oxazole rings is 1. The number of nitrogens with one attached hydrogen (secondary N) is 1. The number of hydrogen-bond donors (Lipinski definition) is 1. The first-order valence-electron chi connectivity index (χ1n) is 6.65. The Morgan fingerprint density at radius 2 is 1.90 bits per heavy atom. The minimum atomic E-state index is -0.235. The second-order valence-corrected chi connectivity index (χ2v) is 5.04. The molecule has 0 saturated carbocycles. The van der Waals surface area contributed by atoms with E-state index in [1.54, 1.807) is 31.2 Å². The Kier molecular flexibility index (Phi) is 3.17. The molecule has 0 bridgehead atoms. The monoisotopic (exact) mass is 281 g/mol. The number of carbonyl (C=O) groups excluding carboxylic acids is 1. The third-order valence-corrected chi connectivity index (χ3v) is 3.08. The van der Waals surface area contributed by atoms with Crippen LogP contribution in [-0.2, 0) is 0 Å². The largest absolute Gasteiger partial charge is 0.441 e. The first kappa shape index (κ1) is 13.3. The van der Waals surface area contributed by atoms with Crippen LogP contribution >= 0.6 is 0 Å². The third kappa shape index (κ3) is 2.76. The van der Waals surface area contributed by atoms with Gasteiger partial charge in [-0.1, -0.05) is 0 Å². The Labute approximate surface area is 122 Å². The molecule has 0 aliphatic carbocycles. The molecule has 0 saturated heterocycles. The zero-order chi connectivity index (χ0) is 15.0. The van der Waals surface area contributed by atoms with Crippen molar-refractivity contribution < 1.29 is 9.21 Å². The van der Waals surface area contributed by atoms with Gasteiger partial charge in [0.15, 0.2) is 11.5 Å². The van der Waals surface area contributed by atoms with Gasteiger partial charge in [0.25, 0.3) is 5.91 Å². The van der Waals surface area contributed by atoms with Gasteiger partial charge >= 0.3 is 0 Å². The molecule has 21 heavy (non-hydrogen) atoms. The standard InChI is InChI=1S/C16H15N3O2/c1-9-6-10(2)17-14(7-9)16(20)19-12-4-5-15-13(8-12)18-11(3)21-15/h4-8H,1-3H3,(H,19,20). The quantitative estimate of drug-likeness (QED) is 0.781. The minimum absolute atomic E-state index is 0.235. The van der Waals surface area contributed by atoms with E-state index in [0.717, 1.165) is 16.8 Å². The van der Waals surface area contributed by atoms with E-state index in [-0.39, 0.29) is 5.91 Å². The maximum Gasteiger partial charge on any atom is 0.274 e. The maximum atomic E-state index is 12.2. The van der Waals surface area contributed by atoms with Crippen LogP contribution in [0, 0.1) is 20.8 Å². The fraction of sp³-hybridized carbons (Fsp3) is 0.188. The van der Waals surface area contributed by atoms with Crippen molar-refractivity contribution in [1.82, 2.24) is 9.97 Å². The Hall–Kier alpha value is -2.69. The summed E-state index contributed by atoms with van der Waals surface area (Å²) in [6.07, 6.45) is 0. The van der Waals surface area contributed by atoms with Gasteiger partial charge in [-0.2, -0.15) is 0 Å². The molecule has 1 amide bonds. The van der Waals surface area contributed by atoms with E-state index in [4.69, 9.17) is 4.42 Å². The Morgan fingerprint density at radius 1 is 1.10 bits per heavy atom. The van der Waals surface area contributed by atoms with Crippen molar-refractivity contribution >= 4 is 22.7 Å². The Balaban J connectivity index is 1.88. The SMILES string of the molecule is Cc1cc(C)nc(C(=O)Nc2ccc3oc(C)nc3c2)c1. The molecule has 0 spiro atoms. The van der Waals surface area contributed by atoms with Gasteiger partial charge in [0.2, 0.25) is 0 Å². The molecule has 1 N–H and O–H groups in total. The molecule has 0 unspecified atom stereocenters. The van der Waals surface area contributed by atoms with E-state index < -0.39 is 0 Å². The van der Waals surface area contributed by atoms with Gasteiger partial charge in [-0.25, -0.2) is 9.97 Å². The van der Waals surface area contributed by atoms with E-state index in [0.29, 0.717) is 22.9 Å². The highest BCUT2D eigenvalue weighted by Crippen LogP contribution is 2.20. The molecule has 0 atom stereocenters. The number of aromatic nitrogens is 2. The van der Waals surface area contributed by atoms with Crippen LogP contribution in [0.4, 0.5) is 5.69 Å². The van der Waals surface area contributed by atoms with Crippen molar-refractivity contribution in [2.24, 2.45) is 0 Å². The zero-order valence-electron chi connectivity index (χ0n) is 12.1. The number of benzene rings is 1. The van der Waals surface area contributed by atoms with Gasteiger partial charge in [0.05, 0.1) is 0 Å². The van der Waals surface area contributed by atoms with E-state index in [9.17, 15) is 4.79 Å². The Bertz CT molecular complexity index is 816. The highest BCUT2D eigenvalue weighted by atomic mass is 16.3. The normalized spacial score (nSPS) is 10.8. The highest BCUT2D eigenvalue weighted by Gasteiger charge is 2.10. The summed E-state index contributed by atoms with van der Waals surface area (Å²) in [5.74, 6) is 0.366. The van der Waals surface area contributed by atoms with Gasteiger partial charge in [-0.15, -0.1) is 0 Å². The van der Waals surface area contributed by atoms with Crippen molar-refractivity contribution in [3.8, 4) is 0 Å². The molecular weight excluding hydrogens is 266 g/mol. The molecular formula is C16H15N3O2. The lowest BCUT2D eigenvalue weighted by Gasteiger charge is -2.06. The molecule has 1 aromatic carbocycles. The number of hydrogen-bond acceptors (Lipinski definition) is 4. The molecule has 5 nitrogen and oxygen atoms in total. The fourth-order valence-electron chi connectivity index (χ4n) is 2.27. The Morgan fingerprint density at radius 3 is 2.67 bits per heavy atom. The average molecular weight is 281 g/mol. The molecule has 5 heteroatoms. The lowest BCUT2D eigenvalue weighted by Crippen LogP contribution is -2.14. The van der Waals surface area contributed by atoms with Gasteiger partial charge < -0.3 is 9.73 Å². The fourth-order valence-corrected chi connectivity index (χ4v) is 2.27. The summed E-state index contributed by atoms with van der Waals surface area (Å²) in [4.78, 5) is 20.7. The van der Waals surface area contributed by atoms with E-state index in [2.05, 4.69) is 15.3 Å². The summed E-state index contributed by atoms with van der Waals surface area (Å²) in [6.45, 7) is 5.60. The number of nitrogens with zero attached hydrogens (tertiary/aromatic N) is 2. The van der Waals surface area contributed by atoms with Gasteiger partial charge in [-0.3, -0.25) is 4.79 Å². The highest BCUT2D eigenvalue weighted by molar-refractivity contribution is 6.03. The van der Waals surface area contributed by atoms with Crippen molar-refractivity contribution in [1.29, 1.82) is 0 Å². The molecule has 0 aliphatic rings. The van der Waals surface area contributed by atoms with Crippen molar-refractivity contribution in [3.63, 3.8) is 0 Å². The number of anilines is 1. The number of carbonyl (C=O) groups is 1. The predicted octanol–water partition coefficient (Wildman–Crippen LogP) is 3.40. The van der Waals surface area contributed by atoms with Crippen LogP contribution in [0.15, 0.2) is 34.7 Å². The summed E-state index contributed by atoms with van der Waals surface area (Å²) in [7, 11) is 0. The molecule has 2 aromatic heterocycles. The van der Waals surface area contributed by atoms with Crippen molar-refractivity contribution in [2.75, 3.05) is 5.32 Å². The van der Waals surface area contributed by atoms with Crippen molar-refractivity contribution in [2.45, 2.75) is 20.8 Å². The predicted molar refractivity (Wildman–Crippen MR) is 80.4 cm³/mol. The van der Waals surface area contributed by atoms with Crippen LogP contribution in [0.3, 0.4) is 0 Å². The van der Waals surface area contributed by atoms with Crippen molar-refractivity contribution in [3.05, 3.63) is 53.2 Å². The summed E-state index contributed by atoms with van der Waals surface area (Å²) >= 11 is 0. The van der Waals surface area contributed by atoms with Gasteiger partial charge in [0, 0.05) is 18.3 Å². The molecule has 106 valence electrons. The van der Waals surface area contributed by atoms with Gasteiger partial charge in [-0.05, 0) is 49.7 Å². The zero-order valence-corrected chi connectivity index (χ0v) is 12.1. The topological polar surface area (TPSA) is 68.0 Å². The lowest BCUT2D eigenvalue weighted by molar-refractivity contribution is 0.102. The average Bonchev–Trinajstić information content (AvgIpc) is 2.77. The van der Waals surface area contributed by atoms with Gasteiger partial charge in [0.1, 0.15) is 11.2 Å². The number of rotatable bonds is 2. The number of fused-ring (bicyclic) bond motifs is 1. The molecule has 3 aromatic rings. The van der Waals surface area contributed by atoms with E-state index >= 15 is 0 Å². The smallest absolute Gasteiger partial charge is 0.274 e. The van der Waals surface area contributed by atoms with Crippen LogP contribution in [0.5, 0.6) is 0 Å². The molecule has 2 heterocycles. The summed E-state index contributed by atoms with van der Waals surface area (Å²) < 4.78 is 5.41. The molecule has 0 fully saturated rings. The second kappa shape index (κ2) is 5.01. The maximum absolute atomic E-state index is 12.2. The number of aryl methyl sites for hydroxylation is 3. The first-order chi connectivity index (χ1) is 10.0. The first-order valence-corrected chi connectivity index (χ1v) is 6.65. The number of pyridine rings is 1. The molecule has 0 aliphatic heterocycles. The summed E-state index contributed by atoms with van der Waals surface area (Å²) in [5, 5.41) is 2.83. The van der Waals surface area contributed by atoms with Crippen LogP contribution in [-0.4, -0.2) is 15.9 Å². The van der Waals surface area contributed by atoms with Crippen LogP contribution < -0.4 is 5.32 Å². The third-order valence-electron chi connectivity index (χ3n) is 3.08. The van der Waals surface area contributed by atoms with E-state index in [1.165, 1.54) is 0 Å². The lowest BCUT2D eigenvalue weighted by atomic mass is 10.2. The number of amides is 1. The van der Waals surface area contributed by atoms with E-state index in [1.807, 2.05) is 19.9 Å². The van der Waals surface area contributed by atoms with Crippen LogP contribution in [0.25, 0.3) is 11.1 Å². The second-order valence-electron chi connectivity index (χ2n) is 5.04. The summed E-state index contributed by atoms with van der Waals surface area (Å²) in [5.41, 5.74) is 4.33. The molecule has 0 radical (unpaired) electrons.